The first-order valence-corrected chi connectivity index (χ1v) is 25.1. The largest absolute Gasteiger partial charge is 0.444 e. The number of morpholine rings is 2. The molecule has 428 valence electrons. The number of rotatable bonds is 8. The Labute approximate surface area is 437 Å². The highest BCUT2D eigenvalue weighted by Crippen LogP contribution is 2.38. The number of alkyl halides is 12. The number of halogens is 13. The predicted molar refractivity (Wildman–Crippen MR) is 253 cm³/mol. The zero-order valence-corrected chi connectivity index (χ0v) is 43.3. The molecule has 0 radical (unpaired) electrons. The first kappa shape index (κ1) is 60.6. The number of ether oxygens (including phenoxy) is 5. The molecule has 14 nitrogen and oxygen atoms in total. The lowest BCUT2D eigenvalue weighted by atomic mass is 10.1. The molecule has 4 atom stereocenters. The van der Waals surface area contributed by atoms with Crippen molar-refractivity contribution in [2.45, 2.75) is 140 Å². The van der Waals surface area contributed by atoms with Gasteiger partial charge in [-0.15, -0.1) is 0 Å². The van der Waals surface area contributed by atoms with Crippen LogP contribution in [0.4, 0.5) is 78.4 Å². The molecule has 6 fully saturated rings. The zero-order chi connectivity index (χ0) is 56.1. The van der Waals surface area contributed by atoms with Crippen LogP contribution in [0.1, 0.15) is 68.7 Å². The number of nitrogens with zero attached hydrogens (tertiary/aromatic N) is 6. The van der Waals surface area contributed by atoms with Gasteiger partial charge in [-0.1, -0.05) is 24.3 Å². The summed E-state index contributed by atoms with van der Waals surface area (Å²) in [5, 5.41) is 0. The molecule has 8 rings (SSSR count). The van der Waals surface area contributed by atoms with E-state index < -0.39 is 54.0 Å². The molecule has 0 saturated carbocycles. The van der Waals surface area contributed by atoms with Crippen molar-refractivity contribution in [1.29, 1.82) is 0 Å². The third-order valence-corrected chi connectivity index (χ3v) is 13.5. The highest BCUT2D eigenvalue weighted by Gasteiger charge is 2.61. The fourth-order valence-corrected chi connectivity index (χ4v) is 9.83. The van der Waals surface area contributed by atoms with Crippen LogP contribution in [0.3, 0.4) is 0 Å². The highest BCUT2D eigenvalue weighted by molar-refractivity contribution is 6.61. The van der Waals surface area contributed by atoms with Crippen molar-refractivity contribution in [3.63, 3.8) is 0 Å². The molecule has 6 aliphatic rings. The summed E-state index contributed by atoms with van der Waals surface area (Å²) in [6, 6.07) is 13.0. The molecule has 2 aromatic carbocycles. The van der Waals surface area contributed by atoms with E-state index in [0.29, 0.717) is 31.8 Å². The van der Waals surface area contributed by atoms with Crippen molar-refractivity contribution in [1.82, 2.24) is 19.6 Å². The minimum atomic E-state index is -5.72. The van der Waals surface area contributed by atoms with E-state index in [2.05, 4.69) is 73.9 Å². The van der Waals surface area contributed by atoms with E-state index in [0.717, 1.165) is 93.5 Å². The van der Waals surface area contributed by atoms with Crippen molar-refractivity contribution < 1.29 is 90.8 Å². The van der Waals surface area contributed by atoms with Crippen LogP contribution < -0.4 is 9.80 Å². The average Bonchev–Trinajstić information content (AvgIpc) is 3.84. The smallest absolute Gasteiger partial charge is 0.434 e. The Bertz CT molecular complexity index is 2240. The van der Waals surface area contributed by atoms with Crippen LogP contribution in [0.25, 0.3) is 0 Å². The van der Waals surface area contributed by atoms with Gasteiger partial charge >= 0.3 is 42.3 Å². The number of hydrogen-bond acceptors (Lipinski definition) is 12. The molecule has 0 spiro atoms. The van der Waals surface area contributed by atoms with Crippen LogP contribution in [0.15, 0.2) is 36.4 Å². The molecule has 27 heteroatoms. The number of fused-ring (bicyclic) bond motifs is 4. The molecule has 2 aromatic rings. The quantitative estimate of drug-likeness (QED) is 0.142. The third kappa shape index (κ3) is 17.4. The van der Waals surface area contributed by atoms with Gasteiger partial charge in [0.1, 0.15) is 5.60 Å². The van der Waals surface area contributed by atoms with Crippen molar-refractivity contribution in [2.75, 3.05) is 88.3 Å². The molecular weight excluding hydrogens is 1060 g/mol. The third-order valence-electron chi connectivity index (χ3n) is 13.4. The normalized spacial score (nSPS) is 22.7. The molecule has 0 aliphatic carbocycles. The summed E-state index contributed by atoms with van der Waals surface area (Å²) in [6.07, 6.45) is -27.2. The number of piperazine rings is 2. The monoisotopic (exact) mass is 1130 g/mol. The lowest BCUT2D eigenvalue weighted by molar-refractivity contribution is -0.308. The van der Waals surface area contributed by atoms with Crippen molar-refractivity contribution in [3.05, 3.63) is 58.7 Å². The average molecular weight is 1130 g/mol. The second-order valence-corrected chi connectivity index (χ2v) is 20.9. The molecule has 6 aliphatic heterocycles. The maximum absolute atomic E-state index is 12.7. The summed E-state index contributed by atoms with van der Waals surface area (Å²) in [7, 11) is 0. The standard InChI is InChI=1S/C23H35N3O3.C22H27F6N3O3.C4HClF6O2/c1-17-5-6-18(13-21(17)26-15-19-7-8-20(16-26)28-19)14-24-9-11-25(12-10-24)22(27)29-23(2,3)4;1-14-2-3-15(10-18(14)31-12-16-4-5-17(13-31)33-16)11-29-6-8-30(9-7-29)20(32)34-19(21(23,24)25)22(26,27)28;5-2(12)13-1(3(6,7)8)4(9,10)11/h5-6,13,19-20H,7-12,14-16H2,1-4H3;2-3,10,16-17,19H,4-9,11-13H2,1H3;1H. The summed E-state index contributed by atoms with van der Waals surface area (Å²) in [5.41, 5.74) is 4.77. The van der Waals surface area contributed by atoms with E-state index in [1.54, 1.807) is 0 Å². The lowest BCUT2D eigenvalue weighted by Crippen LogP contribution is -2.52. The SMILES string of the molecule is Cc1ccc(CN2CCN(C(=O)OC(C(F)(F)F)C(F)(F)F)CC2)cc1N1CC2CCC(C1)O2.Cc1ccc(CN2CCN(C(=O)OC(C)(C)C)CC2)cc1N1CC2CCC(C1)O2.O=C(Cl)OC(C(F)(F)F)C(F)(F)F. The van der Waals surface area contributed by atoms with Gasteiger partial charge in [0.05, 0.1) is 24.4 Å². The van der Waals surface area contributed by atoms with Crippen LogP contribution in [0.5, 0.6) is 0 Å². The second-order valence-electron chi connectivity index (χ2n) is 20.6. The number of hydrogen-bond donors (Lipinski definition) is 0. The zero-order valence-electron chi connectivity index (χ0n) is 42.5. The number of amides is 2. The van der Waals surface area contributed by atoms with Crippen LogP contribution in [-0.4, -0.2) is 183 Å². The fraction of sp³-hybridized carbons (Fsp3) is 0.694. The Kier molecular flexibility index (Phi) is 19.6. The van der Waals surface area contributed by atoms with E-state index in [4.69, 9.17) is 14.2 Å². The Morgan fingerprint density at radius 3 is 1.17 bits per heavy atom. The van der Waals surface area contributed by atoms with E-state index in [-0.39, 0.29) is 31.4 Å². The highest BCUT2D eigenvalue weighted by atomic mass is 35.5. The van der Waals surface area contributed by atoms with Crippen molar-refractivity contribution >= 4 is 40.6 Å². The molecule has 0 N–H and O–H groups in total. The maximum Gasteiger partial charge on any atom is 0.434 e. The molecule has 4 unspecified atom stereocenters. The fourth-order valence-electron chi connectivity index (χ4n) is 9.74. The second kappa shape index (κ2) is 24.6. The molecule has 2 amide bonds. The Balaban J connectivity index is 0.000000203. The maximum atomic E-state index is 12.7. The van der Waals surface area contributed by atoms with Gasteiger partial charge < -0.3 is 43.3 Å². The Hall–Kier alpha value is -4.66. The van der Waals surface area contributed by atoms with Crippen molar-refractivity contribution in [2.24, 2.45) is 0 Å². The van der Waals surface area contributed by atoms with Crippen molar-refractivity contribution in [3.8, 4) is 0 Å². The molecule has 4 bridgehead atoms. The topological polar surface area (TPSA) is 117 Å². The first-order valence-electron chi connectivity index (χ1n) is 24.7. The molecule has 6 saturated heterocycles. The Morgan fingerprint density at radius 1 is 0.539 bits per heavy atom. The minimum Gasteiger partial charge on any atom is -0.444 e. The summed E-state index contributed by atoms with van der Waals surface area (Å²) >= 11 is 4.22. The van der Waals surface area contributed by atoms with Gasteiger partial charge in [-0.05, 0) is 94.7 Å². The first-order chi connectivity index (χ1) is 35.2. The predicted octanol–water partition coefficient (Wildman–Crippen LogP) is 10.4. The van der Waals surface area contributed by atoms with Crippen LogP contribution in [-0.2, 0) is 36.8 Å². The van der Waals surface area contributed by atoms with E-state index in [1.165, 1.54) is 29.7 Å². The van der Waals surface area contributed by atoms with Crippen LogP contribution in [0.2, 0.25) is 0 Å². The Morgan fingerprint density at radius 2 is 0.868 bits per heavy atom. The number of carbonyl (C=O) groups excluding carboxylic acids is 3. The van der Waals surface area contributed by atoms with Gasteiger partial charge in [0.2, 0.25) is 0 Å². The molecular formula is C49H63ClF12N6O8. The summed E-state index contributed by atoms with van der Waals surface area (Å²) < 4.78 is 169. The van der Waals surface area contributed by atoms with Gasteiger partial charge in [-0.3, -0.25) is 9.80 Å². The number of carbonyl (C=O) groups is 3. The van der Waals surface area contributed by atoms with E-state index in [9.17, 15) is 67.1 Å². The van der Waals surface area contributed by atoms with Gasteiger partial charge in [0.25, 0.3) is 12.2 Å². The van der Waals surface area contributed by atoms with E-state index >= 15 is 0 Å². The minimum absolute atomic E-state index is 0.0210. The summed E-state index contributed by atoms with van der Waals surface area (Å²) in [6.45, 7) is 19.0. The van der Waals surface area contributed by atoms with E-state index in [1.807, 2.05) is 42.7 Å². The van der Waals surface area contributed by atoms with Gasteiger partial charge in [-0.25, -0.2) is 14.4 Å². The van der Waals surface area contributed by atoms with Gasteiger partial charge in [-0.2, -0.15) is 52.7 Å². The van der Waals surface area contributed by atoms with Crippen LogP contribution in [0, 0.1) is 13.8 Å². The number of benzene rings is 2. The molecule has 76 heavy (non-hydrogen) atoms. The molecule has 6 heterocycles. The van der Waals surface area contributed by atoms with Gasteiger partial charge in [0.15, 0.2) is 0 Å². The van der Waals surface area contributed by atoms with Gasteiger partial charge in [0, 0.05) is 115 Å². The lowest BCUT2D eigenvalue weighted by Gasteiger charge is -2.36. The van der Waals surface area contributed by atoms with Crippen LogP contribution >= 0.6 is 11.6 Å². The molecule has 0 aromatic heterocycles. The number of anilines is 2. The summed E-state index contributed by atoms with van der Waals surface area (Å²) in [5.74, 6) is 0. The number of aryl methyl sites for hydroxylation is 2. The summed E-state index contributed by atoms with van der Waals surface area (Å²) in [4.78, 5) is 45.9.